The molecule has 10 heteroatoms. The van der Waals surface area contributed by atoms with Gasteiger partial charge >= 0.3 is 0 Å². The van der Waals surface area contributed by atoms with Crippen molar-refractivity contribution in [1.82, 2.24) is 10.2 Å². The molecule has 0 unspecified atom stereocenters. The zero-order chi connectivity index (χ0) is 27.2. The van der Waals surface area contributed by atoms with Gasteiger partial charge in [-0.1, -0.05) is 42.6 Å². The second-order valence-electron chi connectivity index (χ2n) is 9.68. The first-order chi connectivity index (χ1) is 17.5. The van der Waals surface area contributed by atoms with Crippen LogP contribution in [0.3, 0.4) is 0 Å². The molecule has 0 spiro atoms. The SMILES string of the molecule is Cc1ccc(Cl)cc1N(CCCC(=O)N(Cc1ccc(F)cc1)[C@@H](C)C(=O)NC1CCCC1)S(C)(=O)=O. The number of benzene rings is 2. The lowest BCUT2D eigenvalue weighted by molar-refractivity contribution is -0.141. The average molecular weight is 552 g/mol. The Balaban J connectivity index is 1.73. The number of halogens is 2. The molecule has 0 aromatic heterocycles. The van der Waals surface area contributed by atoms with Crippen molar-refractivity contribution < 1.29 is 22.4 Å². The van der Waals surface area contributed by atoms with Gasteiger partial charge in [-0.2, -0.15) is 0 Å². The molecule has 202 valence electrons. The maximum absolute atomic E-state index is 13.4. The molecule has 0 bridgehead atoms. The largest absolute Gasteiger partial charge is 0.352 e. The van der Waals surface area contributed by atoms with Gasteiger partial charge in [0, 0.05) is 30.6 Å². The van der Waals surface area contributed by atoms with E-state index >= 15 is 0 Å². The Kier molecular flexibility index (Phi) is 9.95. The van der Waals surface area contributed by atoms with Crippen LogP contribution >= 0.6 is 11.6 Å². The summed E-state index contributed by atoms with van der Waals surface area (Å²) in [5, 5.41) is 3.46. The van der Waals surface area contributed by atoms with Gasteiger partial charge in [0.1, 0.15) is 11.9 Å². The number of hydrogen-bond donors (Lipinski definition) is 1. The summed E-state index contributed by atoms with van der Waals surface area (Å²) in [6.45, 7) is 3.70. The van der Waals surface area contributed by atoms with Gasteiger partial charge in [0.15, 0.2) is 0 Å². The number of hydrogen-bond acceptors (Lipinski definition) is 4. The van der Waals surface area contributed by atoms with Crippen molar-refractivity contribution in [2.75, 3.05) is 17.1 Å². The molecule has 3 rings (SSSR count). The first kappa shape index (κ1) is 28.9. The van der Waals surface area contributed by atoms with E-state index in [2.05, 4.69) is 5.32 Å². The number of nitrogens with one attached hydrogen (secondary N) is 1. The lowest BCUT2D eigenvalue weighted by Crippen LogP contribution is -2.49. The van der Waals surface area contributed by atoms with Crippen molar-refractivity contribution in [3.8, 4) is 0 Å². The third-order valence-corrected chi connectivity index (χ3v) is 8.14. The molecule has 7 nitrogen and oxygen atoms in total. The lowest BCUT2D eigenvalue weighted by atomic mass is 10.1. The van der Waals surface area contributed by atoms with Crippen LogP contribution in [-0.2, 0) is 26.2 Å². The summed E-state index contributed by atoms with van der Waals surface area (Å²) < 4.78 is 39.8. The summed E-state index contributed by atoms with van der Waals surface area (Å²) in [6.07, 6.45) is 5.39. The minimum atomic E-state index is -3.62. The number of amides is 2. The van der Waals surface area contributed by atoms with E-state index in [9.17, 15) is 22.4 Å². The number of rotatable bonds is 11. The molecule has 1 aliphatic carbocycles. The van der Waals surface area contributed by atoms with Gasteiger partial charge in [-0.15, -0.1) is 0 Å². The molecule has 1 N–H and O–H groups in total. The van der Waals surface area contributed by atoms with Crippen LogP contribution < -0.4 is 9.62 Å². The topological polar surface area (TPSA) is 86.8 Å². The molecule has 2 aromatic rings. The van der Waals surface area contributed by atoms with Crippen molar-refractivity contribution in [3.05, 3.63) is 64.4 Å². The Morgan fingerprint density at radius 1 is 1.14 bits per heavy atom. The first-order valence-electron chi connectivity index (χ1n) is 12.5. The molecule has 1 aliphatic rings. The van der Waals surface area contributed by atoms with Crippen molar-refractivity contribution >= 4 is 39.1 Å². The van der Waals surface area contributed by atoms with Crippen LogP contribution in [0.25, 0.3) is 0 Å². The van der Waals surface area contributed by atoms with E-state index in [1.54, 1.807) is 44.2 Å². The fourth-order valence-corrected chi connectivity index (χ4v) is 5.78. The Labute approximate surface area is 224 Å². The predicted octanol–water partition coefficient (Wildman–Crippen LogP) is 4.81. The summed E-state index contributed by atoms with van der Waals surface area (Å²) in [5.41, 5.74) is 1.91. The molecular weight excluding hydrogens is 517 g/mol. The number of carbonyl (C=O) groups is 2. The molecule has 1 fully saturated rings. The normalized spacial score (nSPS) is 14.8. The van der Waals surface area contributed by atoms with Gasteiger partial charge in [0.05, 0.1) is 11.9 Å². The quantitative estimate of drug-likeness (QED) is 0.434. The van der Waals surface area contributed by atoms with Gasteiger partial charge in [0.25, 0.3) is 0 Å². The summed E-state index contributed by atoms with van der Waals surface area (Å²) in [5.74, 6) is -0.893. The second kappa shape index (κ2) is 12.7. The fraction of sp³-hybridized carbons (Fsp3) is 0.481. The van der Waals surface area contributed by atoms with Crippen molar-refractivity contribution in [3.63, 3.8) is 0 Å². The number of nitrogens with zero attached hydrogens (tertiary/aromatic N) is 2. The summed E-state index contributed by atoms with van der Waals surface area (Å²) in [7, 11) is -3.62. The van der Waals surface area contributed by atoms with Crippen LogP contribution in [0.4, 0.5) is 10.1 Å². The van der Waals surface area contributed by atoms with Gasteiger partial charge in [-0.25, -0.2) is 12.8 Å². The van der Waals surface area contributed by atoms with Crippen LogP contribution in [-0.4, -0.2) is 50.0 Å². The molecular formula is C27H35ClFN3O4S. The predicted molar refractivity (Wildman–Crippen MR) is 144 cm³/mol. The maximum atomic E-state index is 13.4. The summed E-state index contributed by atoms with van der Waals surface area (Å²) >= 11 is 6.11. The van der Waals surface area contributed by atoms with E-state index < -0.39 is 16.1 Å². The standard InChI is InChI=1S/C27H35ClFN3O4S/c1-19-10-13-22(28)17-25(19)32(37(3,35)36)16-6-9-26(33)31(18-21-11-14-23(29)15-12-21)20(2)27(34)30-24-7-4-5-8-24/h10-15,17,20,24H,4-9,16,18H2,1-3H3,(H,30,34)/t20-/m0/s1. The van der Waals surface area contributed by atoms with E-state index in [0.29, 0.717) is 16.3 Å². The molecule has 0 saturated heterocycles. The zero-order valence-corrected chi connectivity index (χ0v) is 23.1. The van der Waals surface area contributed by atoms with Crippen LogP contribution in [0, 0.1) is 12.7 Å². The summed E-state index contributed by atoms with van der Waals surface area (Å²) in [4.78, 5) is 27.8. The Morgan fingerprint density at radius 3 is 2.41 bits per heavy atom. The van der Waals surface area contributed by atoms with Crippen molar-refractivity contribution in [2.24, 2.45) is 0 Å². The van der Waals surface area contributed by atoms with E-state index in [-0.39, 0.29) is 49.6 Å². The highest BCUT2D eigenvalue weighted by Gasteiger charge is 2.29. The van der Waals surface area contributed by atoms with Crippen LogP contribution in [0.2, 0.25) is 5.02 Å². The summed E-state index contributed by atoms with van der Waals surface area (Å²) in [6, 6.07) is 10.2. The average Bonchev–Trinajstić information content (AvgIpc) is 3.35. The zero-order valence-electron chi connectivity index (χ0n) is 21.5. The Hall–Kier alpha value is -2.65. The Morgan fingerprint density at radius 2 is 1.78 bits per heavy atom. The van der Waals surface area contributed by atoms with Crippen LogP contribution in [0.1, 0.15) is 56.6 Å². The smallest absolute Gasteiger partial charge is 0.242 e. The molecule has 0 heterocycles. The number of aryl methyl sites for hydroxylation is 1. The minimum Gasteiger partial charge on any atom is -0.352 e. The number of carbonyl (C=O) groups excluding carboxylic acids is 2. The highest BCUT2D eigenvalue weighted by molar-refractivity contribution is 7.92. The molecule has 0 aliphatic heterocycles. The van der Waals surface area contributed by atoms with E-state index in [0.717, 1.165) is 37.5 Å². The maximum Gasteiger partial charge on any atom is 0.242 e. The highest BCUT2D eigenvalue weighted by atomic mass is 35.5. The van der Waals surface area contributed by atoms with Gasteiger partial charge in [-0.05, 0) is 68.5 Å². The van der Waals surface area contributed by atoms with Crippen molar-refractivity contribution in [2.45, 2.75) is 71.0 Å². The Bertz CT molecular complexity index is 1200. The molecule has 0 radical (unpaired) electrons. The third-order valence-electron chi connectivity index (χ3n) is 6.73. The van der Waals surface area contributed by atoms with Crippen molar-refractivity contribution in [1.29, 1.82) is 0 Å². The van der Waals surface area contributed by atoms with E-state index in [1.807, 2.05) is 0 Å². The molecule has 2 aromatic carbocycles. The van der Waals surface area contributed by atoms with Gasteiger partial charge in [-0.3, -0.25) is 13.9 Å². The monoisotopic (exact) mass is 551 g/mol. The van der Waals surface area contributed by atoms with E-state index in [4.69, 9.17) is 11.6 Å². The first-order valence-corrected chi connectivity index (χ1v) is 14.8. The molecule has 1 saturated carbocycles. The third kappa shape index (κ3) is 8.17. The van der Waals surface area contributed by atoms with Crippen LogP contribution in [0.5, 0.6) is 0 Å². The molecule has 37 heavy (non-hydrogen) atoms. The fourth-order valence-electron chi connectivity index (χ4n) is 4.59. The molecule has 2 amide bonds. The second-order valence-corrected chi connectivity index (χ2v) is 12.0. The van der Waals surface area contributed by atoms with E-state index in [1.165, 1.54) is 21.3 Å². The lowest BCUT2D eigenvalue weighted by Gasteiger charge is -2.30. The number of anilines is 1. The minimum absolute atomic E-state index is 0.0356. The van der Waals surface area contributed by atoms with Crippen LogP contribution in [0.15, 0.2) is 42.5 Å². The number of sulfonamides is 1. The molecule has 1 atom stereocenters. The van der Waals surface area contributed by atoms with Gasteiger partial charge < -0.3 is 10.2 Å². The highest BCUT2D eigenvalue weighted by Crippen LogP contribution is 2.27. The van der Waals surface area contributed by atoms with Gasteiger partial charge in [0.2, 0.25) is 21.8 Å².